The highest BCUT2D eigenvalue weighted by atomic mass is 79.9. The molecule has 0 radical (unpaired) electrons. The summed E-state index contributed by atoms with van der Waals surface area (Å²) in [5.41, 5.74) is 0. The molecule has 18 heavy (non-hydrogen) atoms. The number of unbranched alkanes of at least 4 members (excludes halogenated alkanes) is 5. The Hall–Kier alpha value is 0.360. The first-order valence-corrected chi connectivity index (χ1v) is 7.02. The van der Waals surface area contributed by atoms with Crippen molar-refractivity contribution >= 4 is 0 Å². The van der Waals surface area contributed by atoms with E-state index in [9.17, 15) is 5.11 Å². The molecule has 0 rings (SSSR count). The molecule has 0 aromatic heterocycles. The van der Waals surface area contributed by atoms with Crippen LogP contribution < -0.4 is 17.0 Å². The minimum Gasteiger partial charge on any atom is -1.00 e. The van der Waals surface area contributed by atoms with Crippen LogP contribution in [-0.4, -0.2) is 56.6 Å². The summed E-state index contributed by atoms with van der Waals surface area (Å²) < 4.78 is 6.27. The average Bonchev–Trinajstić information content (AvgIpc) is 2.19. The Bertz CT molecular complexity index is 172. The lowest BCUT2D eigenvalue weighted by molar-refractivity contribution is -0.873. The number of hydrogen-bond donors (Lipinski definition) is 1. The molecular weight excluding hydrogens is 294 g/mol. The SMILES string of the molecule is CCCCCCCCOCC(O)C[N+](C)(C)C.[Br-]. The zero-order valence-electron chi connectivity index (χ0n) is 12.6. The molecule has 0 bridgehead atoms. The molecule has 0 spiro atoms. The minimum atomic E-state index is -0.338. The van der Waals surface area contributed by atoms with E-state index >= 15 is 0 Å². The Kier molecular flexibility index (Phi) is 14.2. The van der Waals surface area contributed by atoms with E-state index in [2.05, 4.69) is 28.1 Å². The zero-order valence-corrected chi connectivity index (χ0v) is 14.2. The summed E-state index contributed by atoms with van der Waals surface area (Å²) in [6.45, 7) is 4.25. The van der Waals surface area contributed by atoms with Crippen molar-refractivity contribution < 1.29 is 31.3 Å². The molecule has 1 unspecified atom stereocenters. The Morgan fingerprint density at radius 2 is 1.56 bits per heavy atom. The van der Waals surface area contributed by atoms with E-state index < -0.39 is 0 Å². The van der Waals surface area contributed by atoms with Crippen LogP contribution in [-0.2, 0) is 4.74 Å². The van der Waals surface area contributed by atoms with Gasteiger partial charge in [0.2, 0.25) is 0 Å². The second-order valence-corrected chi connectivity index (χ2v) is 5.97. The summed E-state index contributed by atoms with van der Waals surface area (Å²) in [4.78, 5) is 0. The number of ether oxygens (including phenoxy) is 1. The lowest BCUT2D eigenvalue weighted by atomic mass is 10.1. The number of rotatable bonds is 11. The topological polar surface area (TPSA) is 29.5 Å². The van der Waals surface area contributed by atoms with Gasteiger partial charge >= 0.3 is 0 Å². The molecule has 0 amide bonds. The summed E-state index contributed by atoms with van der Waals surface area (Å²) >= 11 is 0. The molecule has 0 saturated heterocycles. The molecule has 0 heterocycles. The van der Waals surface area contributed by atoms with Crippen molar-refractivity contribution in [1.82, 2.24) is 0 Å². The number of halogens is 1. The van der Waals surface area contributed by atoms with Crippen molar-refractivity contribution in [2.24, 2.45) is 0 Å². The number of likely N-dealkylation sites (N-methyl/N-ethyl adjacent to an activating group) is 1. The molecule has 1 N–H and O–H groups in total. The first-order chi connectivity index (χ1) is 7.95. The molecule has 0 saturated carbocycles. The molecule has 0 aliphatic heterocycles. The second kappa shape index (κ2) is 12.4. The molecule has 0 aliphatic carbocycles. The summed E-state index contributed by atoms with van der Waals surface area (Å²) in [6, 6.07) is 0. The Morgan fingerprint density at radius 3 is 2.11 bits per heavy atom. The van der Waals surface area contributed by atoms with Gasteiger partial charge in [0.05, 0.1) is 27.7 Å². The molecule has 0 aliphatic rings. The van der Waals surface area contributed by atoms with Crippen LogP contribution in [0.1, 0.15) is 45.4 Å². The van der Waals surface area contributed by atoms with Crippen LogP contribution in [0.4, 0.5) is 0 Å². The van der Waals surface area contributed by atoms with Gasteiger partial charge in [0.15, 0.2) is 0 Å². The quantitative estimate of drug-likeness (QED) is 0.407. The molecule has 3 nitrogen and oxygen atoms in total. The highest BCUT2D eigenvalue weighted by Crippen LogP contribution is 2.05. The van der Waals surface area contributed by atoms with Crippen LogP contribution in [0.2, 0.25) is 0 Å². The van der Waals surface area contributed by atoms with E-state index in [0.717, 1.165) is 24.1 Å². The van der Waals surface area contributed by atoms with Crippen molar-refractivity contribution in [2.45, 2.75) is 51.6 Å². The monoisotopic (exact) mass is 325 g/mol. The van der Waals surface area contributed by atoms with Crippen LogP contribution in [0.3, 0.4) is 0 Å². The van der Waals surface area contributed by atoms with Gasteiger partial charge in [-0.3, -0.25) is 0 Å². The van der Waals surface area contributed by atoms with Gasteiger partial charge in [0, 0.05) is 6.61 Å². The normalized spacial score (nSPS) is 13.2. The predicted octanol–water partition coefficient (Wildman–Crippen LogP) is -0.565. The molecule has 4 heteroatoms. The predicted molar refractivity (Wildman–Crippen MR) is 73.1 cm³/mol. The highest BCUT2D eigenvalue weighted by molar-refractivity contribution is 4.51. The van der Waals surface area contributed by atoms with E-state index in [1.807, 2.05) is 0 Å². The fourth-order valence-electron chi connectivity index (χ4n) is 1.89. The Morgan fingerprint density at radius 1 is 1.00 bits per heavy atom. The third-order valence-corrected chi connectivity index (χ3v) is 2.71. The molecule has 0 aromatic carbocycles. The van der Waals surface area contributed by atoms with E-state index in [1.165, 1.54) is 32.1 Å². The molecular formula is C14H32BrNO2. The minimum absolute atomic E-state index is 0. The van der Waals surface area contributed by atoms with Gasteiger partial charge in [0.25, 0.3) is 0 Å². The van der Waals surface area contributed by atoms with Crippen molar-refractivity contribution in [3.8, 4) is 0 Å². The maximum absolute atomic E-state index is 9.72. The third-order valence-electron chi connectivity index (χ3n) is 2.71. The second-order valence-electron chi connectivity index (χ2n) is 5.97. The van der Waals surface area contributed by atoms with Crippen LogP contribution in [0.15, 0.2) is 0 Å². The lowest BCUT2D eigenvalue weighted by Crippen LogP contribution is -3.00. The van der Waals surface area contributed by atoms with Crippen molar-refractivity contribution in [3.05, 3.63) is 0 Å². The number of nitrogens with zero attached hydrogens (tertiary/aromatic N) is 1. The maximum atomic E-state index is 9.72. The molecule has 112 valence electrons. The van der Waals surface area contributed by atoms with E-state index in [4.69, 9.17) is 4.74 Å². The maximum Gasteiger partial charge on any atom is 0.126 e. The van der Waals surface area contributed by atoms with Gasteiger partial charge in [-0.2, -0.15) is 0 Å². The van der Waals surface area contributed by atoms with Crippen molar-refractivity contribution in [2.75, 3.05) is 40.9 Å². The summed E-state index contributed by atoms with van der Waals surface area (Å²) in [6.07, 6.45) is 7.36. The first kappa shape index (κ1) is 20.7. The molecule has 1 atom stereocenters. The van der Waals surface area contributed by atoms with Crippen molar-refractivity contribution in [3.63, 3.8) is 0 Å². The average molecular weight is 326 g/mol. The number of hydrogen-bond acceptors (Lipinski definition) is 2. The standard InChI is InChI=1S/C14H32NO2.BrH/c1-5-6-7-8-9-10-11-17-13-14(16)12-15(2,3)4;/h14,16H,5-13H2,1-4H3;1H/q+1;/p-1. The van der Waals surface area contributed by atoms with Crippen LogP contribution in [0.5, 0.6) is 0 Å². The Labute approximate surface area is 124 Å². The van der Waals surface area contributed by atoms with E-state index in [-0.39, 0.29) is 23.1 Å². The highest BCUT2D eigenvalue weighted by Gasteiger charge is 2.14. The summed E-state index contributed by atoms with van der Waals surface area (Å²) in [5.74, 6) is 0. The lowest BCUT2D eigenvalue weighted by Gasteiger charge is -2.26. The molecule has 0 fully saturated rings. The number of aliphatic hydroxyl groups is 1. The summed E-state index contributed by atoms with van der Waals surface area (Å²) in [5, 5.41) is 9.72. The van der Waals surface area contributed by atoms with Gasteiger partial charge < -0.3 is 31.3 Å². The summed E-state index contributed by atoms with van der Waals surface area (Å²) in [7, 11) is 6.24. The van der Waals surface area contributed by atoms with Crippen LogP contribution in [0.25, 0.3) is 0 Å². The largest absolute Gasteiger partial charge is 1.00 e. The van der Waals surface area contributed by atoms with Gasteiger partial charge in [-0.05, 0) is 6.42 Å². The van der Waals surface area contributed by atoms with Gasteiger partial charge in [-0.1, -0.05) is 39.0 Å². The smallest absolute Gasteiger partial charge is 0.126 e. The Balaban J connectivity index is 0. The van der Waals surface area contributed by atoms with Gasteiger partial charge in [-0.25, -0.2) is 0 Å². The van der Waals surface area contributed by atoms with Crippen molar-refractivity contribution in [1.29, 1.82) is 0 Å². The number of quaternary nitrogens is 1. The van der Waals surface area contributed by atoms with Gasteiger partial charge in [0.1, 0.15) is 12.6 Å². The fraction of sp³-hybridized carbons (Fsp3) is 1.00. The fourth-order valence-corrected chi connectivity index (χ4v) is 1.89. The van der Waals surface area contributed by atoms with E-state index in [1.54, 1.807) is 0 Å². The van der Waals surface area contributed by atoms with Crippen LogP contribution >= 0.6 is 0 Å². The third kappa shape index (κ3) is 16.4. The molecule has 0 aromatic rings. The van der Waals surface area contributed by atoms with E-state index in [0.29, 0.717) is 6.61 Å². The number of aliphatic hydroxyl groups excluding tert-OH is 1. The van der Waals surface area contributed by atoms with Gasteiger partial charge in [-0.15, -0.1) is 0 Å². The first-order valence-electron chi connectivity index (χ1n) is 7.02. The zero-order chi connectivity index (χ0) is 13.1. The van der Waals surface area contributed by atoms with Crippen LogP contribution in [0, 0.1) is 0 Å².